The van der Waals surface area contributed by atoms with Crippen molar-refractivity contribution in [1.82, 2.24) is 0 Å². The number of allylic oxidation sites excluding steroid dienone is 8. The summed E-state index contributed by atoms with van der Waals surface area (Å²) in [6, 6.07) is 0. The fraction of sp³-hybridized carbons (Fsp3) is 0.823. The number of esters is 3. The smallest absolute Gasteiger partial charge is 0.306 e. The van der Waals surface area contributed by atoms with Crippen molar-refractivity contribution in [1.29, 1.82) is 0 Å². The number of hydrogen-bond acceptors (Lipinski definition) is 6. The van der Waals surface area contributed by atoms with Gasteiger partial charge in [-0.25, -0.2) is 0 Å². The topological polar surface area (TPSA) is 78.9 Å². The van der Waals surface area contributed by atoms with Crippen LogP contribution in [0.4, 0.5) is 0 Å². The van der Waals surface area contributed by atoms with E-state index in [1.807, 2.05) is 0 Å². The summed E-state index contributed by atoms with van der Waals surface area (Å²) in [5.41, 5.74) is 0. The van der Waals surface area contributed by atoms with E-state index >= 15 is 0 Å². The van der Waals surface area contributed by atoms with E-state index in [2.05, 4.69) is 69.4 Å². The maximum Gasteiger partial charge on any atom is 0.306 e. The molecule has 0 spiro atoms. The molecule has 0 unspecified atom stereocenters. The number of unbranched alkanes of at least 4 members (excludes halogenated alkanes) is 35. The zero-order valence-corrected chi connectivity index (χ0v) is 45.4. The van der Waals surface area contributed by atoms with Crippen molar-refractivity contribution in [2.75, 3.05) is 13.2 Å². The van der Waals surface area contributed by atoms with Gasteiger partial charge < -0.3 is 14.2 Å². The van der Waals surface area contributed by atoms with Gasteiger partial charge in [-0.15, -0.1) is 0 Å². The molecule has 0 saturated carbocycles. The largest absolute Gasteiger partial charge is 0.462 e. The highest BCUT2D eigenvalue weighted by Crippen LogP contribution is 2.17. The van der Waals surface area contributed by atoms with Crippen LogP contribution in [-0.2, 0) is 28.6 Å². The fourth-order valence-electron chi connectivity index (χ4n) is 8.63. The molecular weight excluding hydrogens is 841 g/mol. The second-order valence-electron chi connectivity index (χ2n) is 19.9. The predicted octanol–water partition coefficient (Wildman–Crippen LogP) is 19.8. The Morgan fingerprint density at radius 2 is 0.574 bits per heavy atom. The average molecular weight is 954 g/mol. The summed E-state index contributed by atoms with van der Waals surface area (Å²) in [6.07, 6.45) is 69.6. The molecule has 0 aromatic heterocycles. The Balaban J connectivity index is 4.36. The molecule has 1 atom stereocenters. The Morgan fingerprint density at radius 1 is 0.309 bits per heavy atom. The molecule has 396 valence electrons. The molecule has 68 heavy (non-hydrogen) atoms. The molecule has 0 fully saturated rings. The molecule has 0 aromatic carbocycles. The molecule has 0 aliphatic heterocycles. The molecule has 0 amide bonds. The van der Waals surface area contributed by atoms with Gasteiger partial charge in [0, 0.05) is 19.3 Å². The van der Waals surface area contributed by atoms with E-state index in [4.69, 9.17) is 14.2 Å². The van der Waals surface area contributed by atoms with Gasteiger partial charge >= 0.3 is 17.9 Å². The summed E-state index contributed by atoms with van der Waals surface area (Å²) < 4.78 is 16.9. The van der Waals surface area contributed by atoms with Crippen molar-refractivity contribution in [2.24, 2.45) is 0 Å². The summed E-state index contributed by atoms with van der Waals surface area (Å²) in [5.74, 6) is -0.883. The molecule has 0 aliphatic rings. The van der Waals surface area contributed by atoms with E-state index in [0.29, 0.717) is 19.3 Å². The van der Waals surface area contributed by atoms with E-state index in [-0.39, 0.29) is 31.1 Å². The number of rotatable bonds is 54. The van der Waals surface area contributed by atoms with E-state index < -0.39 is 6.10 Å². The average Bonchev–Trinajstić information content (AvgIpc) is 3.34. The first-order chi connectivity index (χ1) is 33.5. The van der Waals surface area contributed by atoms with E-state index in [0.717, 1.165) is 96.3 Å². The van der Waals surface area contributed by atoms with Gasteiger partial charge in [0.25, 0.3) is 0 Å². The molecule has 6 nitrogen and oxygen atoms in total. The van der Waals surface area contributed by atoms with Gasteiger partial charge in [-0.3, -0.25) is 14.4 Å². The molecule has 0 saturated heterocycles. The molecule has 0 bridgehead atoms. The molecular formula is C62H112O6. The van der Waals surface area contributed by atoms with Crippen LogP contribution in [0, 0.1) is 0 Å². The molecule has 6 heteroatoms. The summed E-state index contributed by atoms with van der Waals surface area (Å²) in [6.45, 7) is 6.55. The van der Waals surface area contributed by atoms with E-state index in [1.165, 1.54) is 173 Å². The number of ether oxygens (including phenoxy) is 3. The van der Waals surface area contributed by atoms with Crippen molar-refractivity contribution in [3.8, 4) is 0 Å². The van der Waals surface area contributed by atoms with Crippen LogP contribution < -0.4 is 0 Å². The van der Waals surface area contributed by atoms with Crippen molar-refractivity contribution >= 4 is 17.9 Å². The normalized spacial score (nSPS) is 12.3. The lowest BCUT2D eigenvalue weighted by atomic mass is 10.0. The van der Waals surface area contributed by atoms with Gasteiger partial charge in [0.2, 0.25) is 0 Å². The zero-order chi connectivity index (χ0) is 49.3. The summed E-state index contributed by atoms with van der Waals surface area (Å²) in [4.78, 5) is 38.2. The van der Waals surface area contributed by atoms with Crippen LogP contribution in [0.25, 0.3) is 0 Å². The minimum Gasteiger partial charge on any atom is -0.462 e. The lowest BCUT2D eigenvalue weighted by Gasteiger charge is -2.18. The third-order valence-electron chi connectivity index (χ3n) is 13.1. The maximum absolute atomic E-state index is 12.9. The van der Waals surface area contributed by atoms with Gasteiger partial charge in [0.1, 0.15) is 13.2 Å². The van der Waals surface area contributed by atoms with E-state index in [1.54, 1.807) is 0 Å². The molecule has 0 heterocycles. The van der Waals surface area contributed by atoms with Crippen LogP contribution in [0.15, 0.2) is 48.6 Å². The molecule has 0 aromatic rings. The SMILES string of the molecule is CC/C=C/C/C=C/C/C=C/CCCCCCCC(=O)OC[C@H](COC(=O)CCCCCCCCCCCCCCCCCCCC)OC(=O)CCCCCCCCC/C=C/CCCCCCCC. The van der Waals surface area contributed by atoms with Crippen LogP contribution in [-0.4, -0.2) is 37.2 Å². The minimum atomic E-state index is -0.781. The fourth-order valence-corrected chi connectivity index (χ4v) is 8.63. The van der Waals surface area contributed by atoms with Gasteiger partial charge in [-0.2, -0.15) is 0 Å². The summed E-state index contributed by atoms with van der Waals surface area (Å²) in [7, 11) is 0. The van der Waals surface area contributed by atoms with Crippen molar-refractivity contribution in [3.63, 3.8) is 0 Å². The van der Waals surface area contributed by atoms with E-state index in [9.17, 15) is 14.4 Å². The second kappa shape index (κ2) is 57.0. The Hall–Kier alpha value is -2.63. The number of carbonyl (C=O) groups is 3. The highest BCUT2D eigenvalue weighted by Gasteiger charge is 2.19. The van der Waals surface area contributed by atoms with Crippen molar-refractivity contribution < 1.29 is 28.6 Å². The van der Waals surface area contributed by atoms with Gasteiger partial charge in [0.05, 0.1) is 0 Å². The van der Waals surface area contributed by atoms with Crippen LogP contribution >= 0.6 is 0 Å². The van der Waals surface area contributed by atoms with Crippen molar-refractivity contribution in [2.45, 2.75) is 316 Å². The van der Waals surface area contributed by atoms with Crippen LogP contribution in [0.5, 0.6) is 0 Å². The van der Waals surface area contributed by atoms with Crippen LogP contribution in [0.2, 0.25) is 0 Å². The first-order valence-corrected chi connectivity index (χ1v) is 29.6. The third-order valence-corrected chi connectivity index (χ3v) is 13.1. The zero-order valence-electron chi connectivity index (χ0n) is 45.4. The Bertz CT molecular complexity index is 1190. The van der Waals surface area contributed by atoms with Crippen LogP contribution in [0.1, 0.15) is 310 Å². The summed E-state index contributed by atoms with van der Waals surface area (Å²) in [5, 5.41) is 0. The first-order valence-electron chi connectivity index (χ1n) is 29.6. The van der Waals surface area contributed by atoms with Crippen LogP contribution in [0.3, 0.4) is 0 Å². The second-order valence-corrected chi connectivity index (χ2v) is 19.9. The molecule has 0 N–H and O–H groups in total. The molecule has 0 rings (SSSR count). The minimum absolute atomic E-state index is 0.0772. The Labute approximate surface area is 422 Å². The highest BCUT2D eigenvalue weighted by atomic mass is 16.6. The maximum atomic E-state index is 12.9. The molecule has 0 aliphatic carbocycles. The third kappa shape index (κ3) is 54.3. The lowest BCUT2D eigenvalue weighted by Crippen LogP contribution is -2.30. The molecule has 0 radical (unpaired) electrons. The number of carbonyl (C=O) groups excluding carboxylic acids is 3. The summed E-state index contributed by atoms with van der Waals surface area (Å²) >= 11 is 0. The van der Waals surface area contributed by atoms with Gasteiger partial charge in [-0.1, -0.05) is 262 Å². The Morgan fingerprint density at radius 3 is 0.912 bits per heavy atom. The van der Waals surface area contributed by atoms with Crippen molar-refractivity contribution in [3.05, 3.63) is 48.6 Å². The standard InChI is InChI=1S/C62H112O6/c1-4-7-10-13-16-19-22-25-28-30-32-34-37-40-43-46-49-52-55-61(64)67-58-59(57-66-60(63)54-51-48-45-42-39-36-33-27-24-21-18-15-12-9-6-3)68-62(65)56-53-50-47-44-41-38-35-31-29-26-23-20-17-14-11-8-5-2/h9,12,18,21,26-27,29,33,59H,4-8,10-11,13-17,19-20,22-25,28,30-32,34-58H2,1-3H3/b12-9+,21-18+,29-26+,33-27+/t59-/m1/s1. The van der Waals surface area contributed by atoms with Gasteiger partial charge in [-0.05, 0) is 77.0 Å². The highest BCUT2D eigenvalue weighted by molar-refractivity contribution is 5.71. The quantitative estimate of drug-likeness (QED) is 0.0262. The van der Waals surface area contributed by atoms with Gasteiger partial charge in [0.15, 0.2) is 6.10 Å². The monoisotopic (exact) mass is 953 g/mol. The predicted molar refractivity (Wildman–Crippen MR) is 293 cm³/mol. The number of hydrogen-bond donors (Lipinski definition) is 0. The lowest BCUT2D eigenvalue weighted by molar-refractivity contribution is -0.167. The first kappa shape index (κ1) is 65.4. The Kier molecular flexibility index (Phi) is 54.8.